The summed E-state index contributed by atoms with van der Waals surface area (Å²) in [6.07, 6.45) is 35.9. The molecule has 0 saturated heterocycles. The van der Waals surface area contributed by atoms with Crippen LogP contribution < -0.4 is 4.89 Å². The van der Waals surface area contributed by atoms with E-state index in [1.165, 1.54) is 57.8 Å². The highest BCUT2D eigenvalue weighted by molar-refractivity contribution is 7.45. The van der Waals surface area contributed by atoms with Crippen molar-refractivity contribution in [2.75, 3.05) is 47.5 Å². The number of quaternary nitrogens is 1. The molecule has 0 aromatic carbocycles. The number of nitrogens with zero attached hydrogens (tertiary/aromatic N) is 1. The third kappa shape index (κ3) is 37.8. The zero-order valence-electron chi connectivity index (χ0n) is 33.3. The van der Waals surface area contributed by atoms with E-state index < -0.39 is 32.5 Å². The molecule has 0 aliphatic carbocycles. The van der Waals surface area contributed by atoms with Crippen molar-refractivity contribution in [3.05, 3.63) is 36.5 Å². The van der Waals surface area contributed by atoms with Crippen LogP contribution in [-0.2, 0) is 32.7 Å². The molecular formula is C41H76NO8P. The summed E-state index contributed by atoms with van der Waals surface area (Å²) in [5, 5.41) is 0. The lowest BCUT2D eigenvalue weighted by Crippen LogP contribution is -2.37. The molecule has 0 spiro atoms. The molecule has 51 heavy (non-hydrogen) atoms. The van der Waals surface area contributed by atoms with E-state index >= 15 is 0 Å². The Bertz CT molecular complexity index is 975. The second-order valence-corrected chi connectivity index (χ2v) is 16.0. The third-order valence-corrected chi connectivity index (χ3v) is 9.39. The lowest BCUT2D eigenvalue weighted by Gasteiger charge is -2.28. The molecule has 0 heterocycles. The standard InChI is InChI=1S/C41H76NO8P/c1-6-8-10-12-14-16-18-20-21-22-24-26-28-30-32-34-41(44)50-39(38-49-51(45,46)48-36-35-42(3,4)5)37-47-40(43)33-31-29-27-25-23-19-17-15-13-11-9-7-2/h8,10,14,16,20-21,39H,6-7,9,11-13,15,17-19,22-38H2,1-5H3/b10-8-,16-14-,21-20-. The second-order valence-electron chi connectivity index (χ2n) is 14.6. The minimum atomic E-state index is -4.62. The summed E-state index contributed by atoms with van der Waals surface area (Å²) >= 11 is 0. The summed E-state index contributed by atoms with van der Waals surface area (Å²) in [6, 6.07) is 0. The quantitative estimate of drug-likeness (QED) is 0.0205. The molecule has 0 aliphatic heterocycles. The van der Waals surface area contributed by atoms with Gasteiger partial charge in [0.2, 0.25) is 0 Å². The Morgan fingerprint density at radius 1 is 0.627 bits per heavy atom. The van der Waals surface area contributed by atoms with E-state index in [2.05, 4.69) is 50.3 Å². The van der Waals surface area contributed by atoms with Crippen molar-refractivity contribution in [3.8, 4) is 0 Å². The molecule has 0 rings (SSSR count). The maximum atomic E-state index is 12.6. The molecule has 0 bridgehead atoms. The van der Waals surface area contributed by atoms with Gasteiger partial charge in [-0.1, -0.05) is 140 Å². The van der Waals surface area contributed by atoms with Crippen LogP contribution in [0.25, 0.3) is 0 Å². The number of hydrogen-bond donors (Lipinski definition) is 0. The lowest BCUT2D eigenvalue weighted by atomic mass is 10.0. The van der Waals surface area contributed by atoms with Crippen molar-refractivity contribution < 1.29 is 42.1 Å². The number of allylic oxidation sites excluding steroid dienone is 6. The number of esters is 2. The fourth-order valence-electron chi connectivity index (χ4n) is 5.26. The highest BCUT2D eigenvalue weighted by atomic mass is 31.2. The van der Waals surface area contributed by atoms with Gasteiger partial charge in [0.05, 0.1) is 27.7 Å². The van der Waals surface area contributed by atoms with Gasteiger partial charge in [-0.05, 0) is 44.9 Å². The molecule has 0 saturated carbocycles. The van der Waals surface area contributed by atoms with E-state index in [1.54, 1.807) is 0 Å². The molecule has 0 aromatic heterocycles. The maximum absolute atomic E-state index is 12.6. The summed E-state index contributed by atoms with van der Waals surface area (Å²) in [4.78, 5) is 37.4. The predicted octanol–water partition coefficient (Wildman–Crippen LogP) is 10.3. The molecule has 298 valence electrons. The summed E-state index contributed by atoms with van der Waals surface area (Å²) in [6.45, 7) is 4.08. The van der Waals surface area contributed by atoms with E-state index in [1.807, 2.05) is 21.1 Å². The first-order chi connectivity index (χ1) is 24.5. The van der Waals surface area contributed by atoms with Gasteiger partial charge in [-0.25, -0.2) is 0 Å². The monoisotopic (exact) mass is 742 g/mol. The minimum Gasteiger partial charge on any atom is -0.756 e. The van der Waals surface area contributed by atoms with Crippen LogP contribution >= 0.6 is 7.82 Å². The smallest absolute Gasteiger partial charge is 0.306 e. The fraction of sp³-hybridized carbons (Fsp3) is 0.805. The number of ether oxygens (including phenoxy) is 2. The first-order valence-corrected chi connectivity index (χ1v) is 21.7. The molecule has 10 heteroatoms. The van der Waals surface area contributed by atoms with Gasteiger partial charge in [0.1, 0.15) is 19.8 Å². The Balaban J connectivity index is 4.44. The number of unbranched alkanes of at least 4 members (excludes halogenated alkanes) is 16. The van der Waals surface area contributed by atoms with Crippen LogP contribution in [0.5, 0.6) is 0 Å². The molecule has 0 aromatic rings. The number of carbonyl (C=O) groups excluding carboxylic acids is 2. The zero-order valence-corrected chi connectivity index (χ0v) is 34.2. The van der Waals surface area contributed by atoms with Crippen molar-refractivity contribution in [3.63, 3.8) is 0 Å². The van der Waals surface area contributed by atoms with E-state index in [-0.39, 0.29) is 26.1 Å². The van der Waals surface area contributed by atoms with Crippen LogP contribution in [0.1, 0.15) is 162 Å². The maximum Gasteiger partial charge on any atom is 0.306 e. The highest BCUT2D eigenvalue weighted by Crippen LogP contribution is 2.38. The van der Waals surface area contributed by atoms with Gasteiger partial charge in [-0.2, -0.15) is 0 Å². The van der Waals surface area contributed by atoms with Gasteiger partial charge < -0.3 is 27.9 Å². The van der Waals surface area contributed by atoms with Crippen molar-refractivity contribution in [2.45, 2.75) is 168 Å². The van der Waals surface area contributed by atoms with Crippen LogP contribution in [0.15, 0.2) is 36.5 Å². The molecular weight excluding hydrogens is 665 g/mol. The molecule has 0 radical (unpaired) electrons. The predicted molar refractivity (Wildman–Crippen MR) is 208 cm³/mol. The van der Waals surface area contributed by atoms with Crippen molar-refractivity contribution in [1.82, 2.24) is 0 Å². The Kier molecular flexibility index (Phi) is 32.8. The summed E-state index contributed by atoms with van der Waals surface area (Å²) in [5.74, 6) is -0.854. The molecule has 0 amide bonds. The van der Waals surface area contributed by atoms with Gasteiger partial charge in [0.15, 0.2) is 6.10 Å². The van der Waals surface area contributed by atoms with Crippen molar-refractivity contribution in [2.24, 2.45) is 0 Å². The fourth-order valence-corrected chi connectivity index (χ4v) is 5.98. The highest BCUT2D eigenvalue weighted by Gasteiger charge is 2.21. The first kappa shape index (κ1) is 49.2. The Morgan fingerprint density at radius 3 is 1.67 bits per heavy atom. The summed E-state index contributed by atoms with van der Waals surface area (Å²) in [7, 11) is 1.15. The molecule has 0 aliphatic rings. The molecule has 2 unspecified atom stereocenters. The number of phosphoric acid groups is 1. The topological polar surface area (TPSA) is 111 Å². The third-order valence-electron chi connectivity index (χ3n) is 8.42. The minimum absolute atomic E-state index is 0.0341. The van der Waals surface area contributed by atoms with Crippen LogP contribution in [0.4, 0.5) is 0 Å². The lowest BCUT2D eigenvalue weighted by molar-refractivity contribution is -0.870. The van der Waals surface area contributed by atoms with Gasteiger partial charge in [-0.15, -0.1) is 0 Å². The van der Waals surface area contributed by atoms with E-state index in [0.29, 0.717) is 17.4 Å². The first-order valence-electron chi connectivity index (χ1n) is 20.2. The van der Waals surface area contributed by atoms with Crippen LogP contribution in [-0.4, -0.2) is 70.0 Å². The summed E-state index contributed by atoms with van der Waals surface area (Å²) < 4.78 is 33.8. The summed E-state index contributed by atoms with van der Waals surface area (Å²) in [5.41, 5.74) is 0. The molecule has 9 nitrogen and oxygen atoms in total. The second kappa shape index (κ2) is 34.0. The average Bonchev–Trinajstić information content (AvgIpc) is 3.07. The van der Waals surface area contributed by atoms with Gasteiger partial charge >= 0.3 is 11.9 Å². The van der Waals surface area contributed by atoms with Crippen LogP contribution in [0, 0.1) is 0 Å². The number of likely N-dealkylation sites (N-methyl/N-ethyl adjacent to an activating group) is 1. The largest absolute Gasteiger partial charge is 0.756 e. The van der Waals surface area contributed by atoms with Crippen LogP contribution in [0.2, 0.25) is 0 Å². The van der Waals surface area contributed by atoms with Gasteiger partial charge in [-0.3, -0.25) is 14.2 Å². The molecule has 0 N–H and O–H groups in total. The van der Waals surface area contributed by atoms with Crippen molar-refractivity contribution in [1.29, 1.82) is 0 Å². The molecule has 2 atom stereocenters. The van der Waals surface area contributed by atoms with E-state index in [9.17, 15) is 19.0 Å². The number of rotatable bonds is 36. The van der Waals surface area contributed by atoms with Crippen molar-refractivity contribution >= 4 is 19.8 Å². The van der Waals surface area contributed by atoms with Gasteiger partial charge in [0, 0.05) is 12.8 Å². The Labute approximate surface area is 312 Å². The number of hydrogen-bond acceptors (Lipinski definition) is 8. The number of carbonyl (C=O) groups is 2. The Morgan fingerprint density at radius 2 is 1.12 bits per heavy atom. The average molecular weight is 742 g/mol. The SMILES string of the molecule is CC/C=C\C/C=C\C/C=C\CCCCCCCC(=O)OC(COC(=O)CCCCCCCCCCCCCC)COP(=O)([O-])OCC[N+](C)(C)C. The van der Waals surface area contributed by atoms with E-state index in [4.69, 9.17) is 18.5 Å². The zero-order chi connectivity index (χ0) is 37.9. The van der Waals surface area contributed by atoms with Gasteiger partial charge in [0.25, 0.3) is 7.82 Å². The Hall–Kier alpha value is -1.77. The van der Waals surface area contributed by atoms with E-state index in [0.717, 1.165) is 70.6 Å². The molecule has 0 fully saturated rings. The normalized spacial score (nSPS) is 14.1. The van der Waals surface area contributed by atoms with Crippen LogP contribution in [0.3, 0.4) is 0 Å². The number of phosphoric ester groups is 1.